The molecule has 1 N–H and O–H groups in total. The highest BCUT2D eigenvalue weighted by Gasteiger charge is 2.10. The Balaban J connectivity index is 1.70. The molecule has 3 rings (SSSR count). The van der Waals surface area contributed by atoms with Crippen LogP contribution in [0.3, 0.4) is 0 Å². The Morgan fingerprint density at radius 3 is 2.57 bits per heavy atom. The lowest BCUT2D eigenvalue weighted by molar-refractivity contribution is -0.123. The number of fused-ring (bicyclic) bond motifs is 3. The van der Waals surface area contributed by atoms with Gasteiger partial charge in [-0.05, 0) is 36.8 Å². The molecule has 0 radical (unpaired) electrons. The maximum absolute atomic E-state index is 12.3. The molecule has 0 unspecified atom stereocenters. The highest BCUT2D eigenvalue weighted by Crippen LogP contribution is 2.28. The minimum Gasteiger partial charge on any atom is -0.497 e. The second-order valence-electron chi connectivity index (χ2n) is 6.66. The van der Waals surface area contributed by atoms with Crippen molar-refractivity contribution in [1.82, 2.24) is 5.32 Å². The van der Waals surface area contributed by atoms with Gasteiger partial charge in [0.15, 0.2) is 6.61 Å². The van der Waals surface area contributed by atoms with Crippen LogP contribution in [0, 0.1) is 0 Å². The summed E-state index contributed by atoms with van der Waals surface area (Å²) in [5.74, 6) is 0.910. The average Bonchev–Trinajstić information content (AvgIpc) is 2.71. The molecule has 2 aromatic carbocycles. The monoisotopic (exact) mass is 383 g/mol. The molecule has 148 valence electrons. The first-order valence-electron chi connectivity index (χ1n) is 9.56. The van der Waals surface area contributed by atoms with Gasteiger partial charge in [-0.25, -0.2) is 4.79 Å². The van der Waals surface area contributed by atoms with Crippen LogP contribution in [0.2, 0.25) is 0 Å². The molecule has 0 aliphatic rings. The van der Waals surface area contributed by atoms with Gasteiger partial charge in [-0.2, -0.15) is 0 Å². The van der Waals surface area contributed by atoms with Crippen molar-refractivity contribution in [2.24, 2.45) is 0 Å². The van der Waals surface area contributed by atoms with Crippen molar-refractivity contribution < 1.29 is 18.7 Å². The first-order valence-corrected chi connectivity index (χ1v) is 9.56. The maximum Gasteiger partial charge on any atom is 0.344 e. The van der Waals surface area contributed by atoms with E-state index in [4.69, 9.17) is 13.9 Å². The number of nitrogens with one attached hydrogen (secondary N) is 1. The van der Waals surface area contributed by atoms with E-state index in [0.717, 1.165) is 30.0 Å². The predicted molar refractivity (Wildman–Crippen MR) is 109 cm³/mol. The Morgan fingerprint density at radius 2 is 1.79 bits per heavy atom. The molecule has 0 saturated heterocycles. The van der Waals surface area contributed by atoms with Gasteiger partial charge in [0.2, 0.25) is 0 Å². The Labute approximate surface area is 163 Å². The number of carbonyl (C=O) groups is 1. The lowest BCUT2D eigenvalue weighted by Crippen LogP contribution is -2.29. The largest absolute Gasteiger partial charge is 0.497 e. The Hall–Kier alpha value is -3.02. The number of carbonyl (C=O) groups excluding carboxylic acids is 1. The van der Waals surface area contributed by atoms with Gasteiger partial charge in [0.1, 0.15) is 17.1 Å². The molecule has 1 aromatic heterocycles. The topological polar surface area (TPSA) is 77.8 Å². The summed E-state index contributed by atoms with van der Waals surface area (Å²) in [5.41, 5.74) is -0.0245. The predicted octanol–water partition coefficient (Wildman–Crippen LogP) is 4.03. The summed E-state index contributed by atoms with van der Waals surface area (Å²) >= 11 is 0. The van der Waals surface area contributed by atoms with Crippen molar-refractivity contribution in [3.8, 4) is 11.5 Å². The number of hydrogen-bond acceptors (Lipinski definition) is 5. The number of rotatable bonds is 9. The molecule has 1 heterocycles. The molecule has 0 atom stereocenters. The fourth-order valence-corrected chi connectivity index (χ4v) is 3.09. The number of benzene rings is 2. The van der Waals surface area contributed by atoms with Crippen LogP contribution in [0.1, 0.15) is 32.6 Å². The minimum atomic E-state index is -0.441. The zero-order chi connectivity index (χ0) is 19.9. The van der Waals surface area contributed by atoms with Crippen LogP contribution in [-0.2, 0) is 4.79 Å². The lowest BCUT2D eigenvalue weighted by Gasteiger charge is -2.09. The van der Waals surface area contributed by atoms with Crippen molar-refractivity contribution in [3.05, 3.63) is 46.8 Å². The van der Waals surface area contributed by atoms with E-state index in [0.29, 0.717) is 29.0 Å². The summed E-state index contributed by atoms with van der Waals surface area (Å²) in [6.07, 6.45) is 4.42. The third kappa shape index (κ3) is 4.63. The van der Waals surface area contributed by atoms with Gasteiger partial charge in [0, 0.05) is 23.4 Å². The molecule has 3 aromatic rings. The molecule has 0 bridgehead atoms. The number of unbranched alkanes of at least 4 members (excludes halogenated alkanes) is 3. The average molecular weight is 383 g/mol. The first-order chi connectivity index (χ1) is 13.6. The summed E-state index contributed by atoms with van der Waals surface area (Å²) in [6.45, 7) is 2.73. The molecule has 0 spiro atoms. The molecule has 6 heteroatoms. The van der Waals surface area contributed by atoms with E-state index in [1.807, 2.05) is 12.1 Å². The van der Waals surface area contributed by atoms with Crippen LogP contribution >= 0.6 is 0 Å². The fourth-order valence-electron chi connectivity index (χ4n) is 3.09. The molecule has 1 amide bonds. The minimum absolute atomic E-state index is 0.0751. The second kappa shape index (κ2) is 9.26. The Bertz CT molecular complexity index is 1020. The fraction of sp³-hybridized carbons (Fsp3) is 0.364. The van der Waals surface area contributed by atoms with E-state index < -0.39 is 5.63 Å². The van der Waals surface area contributed by atoms with Crippen LogP contribution < -0.4 is 20.4 Å². The lowest BCUT2D eigenvalue weighted by atomic mass is 10.1. The Morgan fingerprint density at radius 1 is 1.00 bits per heavy atom. The van der Waals surface area contributed by atoms with Crippen molar-refractivity contribution in [3.63, 3.8) is 0 Å². The van der Waals surface area contributed by atoms with E-state index in [1.165, 1.54) is 6.42 Å². The van der Waals surface area contributed by atoms with Crippen LogP contribution in [0.5, 0.6) is 11.5 Å². The molecule has 0 fully saturated rings. The van der Waals surface area contributed by atoms with E-state index in [1.54, 1.807) is 31.4 Å². The maximum atomic E-state index is 12.3. The number of amides is 1. The zero-order valence-corrected chi connectivity index (χ0v) is 16.2. The van der Waals surface area contributed by atoms with E-state index in [-0.39, 0.29) is 12.5 Å². The zero-order valence-electron chi connectivity index (χ0n) is 16.2. The summed E-state index contributed by atoms with van der Waals surface area (Å²) in [4.78, 5) is 24.2. The van der Waals surface area contributed by atoms with E-state index in [9.17, 15) is 9.59 Å². The molecular weight excluding hydrogens is 358 g/mol. The van der Waals surface area contributed by atoms with E-state index in [2.05, 4.69) is 12.2 Å². The van der Waals surface area contributed by atoms with Crippen LogP contribution in [0.4, 0.5) is 0 Å². The number of methoxy groups -OCH3 is 1. The van der Waals surface area contributed by atoms with Gasteiger partial charge >= 0.3 is 5.63 Å². The molecular formula is C22H25NO5. The molecule has 0 aliphatic carbocycles. The van der Waals surface area contributed by atoms with E-state index >= 15 is 0 Å². The van der Waals surface area contributed by atoms with Crippen molar-refractivity contribution >= 4 is 27.6 Å². The smallest absolute Gasteiger partial charge is 0.344 e. The van der Waals surface area contributed by atoms with Gasteiger partial charge < -0.3 is 19.2 Å². The summed E-state index contributed by atoms with van der Waals surface area (Å²) in [6, 6.07) is 10.5. The highest BCUT2D eigenvalue weighted by molar-refractivity contribution is 6.04. The third-order valence-corrected chi connectivity index (χ3v) is 4.61. The molecule has 0 aliphatic heterocycles. The Kier molecular flexibility index (Phi) is 6.53. The van der Waals surface area contributed by atoms with Crippen molar-refractivity contribution in [2.75, 3.05) is 20.3 Å². The van der Waals surface area contributed by atoms with Gasteiger partial charge in [0.25, 0.3) is 5.91 Å². The first kappa shape index (κ1) is 19.7. The van der Waals surface area contributed by atoms with Crippen molar-refractivity contribution in [2.45, 2.75) is 32.6 Å². The van der Waals surface area contributed by atoms with Crippen LogP contribution in [0.15, 0.2) is 45.6 Å². The summed E-state index contributed by atoms with van der Waals surface area (Å²) in [7, 11) is 1.55. The SMILES string of the molecule is CCCCCCNC(=O)COc1ccc2c(c1)oc(=O)c1cc(OC)ccc12. The normalized spacial score (nSPS) is 10.9. The number of ether oxygens (including phenoxy) is 2. The van der Waals surface area contributed by atoms with Gasteiger partial charge in [-0.15, -0.1) is 0 Å². The third-order valence-electron chi connectivity index (χ3n) is 4.61. The molecule has 28 heavy (non-hydrogen) atoms. The summed E-state index contributed by atoms with van der Waals surface area (Å²) in [5, 5.41) is 4.88. The van der Waals surface area contributed by atoms with Gasteiger partial charge in [-0.1, -0.05) is 26.2 Å². The van der Waals surface area contributed by atoms with Gasteiger partial charge in [0.05, 0.1) is 12.5 Å². The number of hydrogen-bond donors (Lipinski definition) is 1. The molecule has 6 nitrogen and oxygen atoms in total. The second-order valence-corrected chi connectivity index (χ2v) is 6.66. The highest BCUT2D eigenvalue weighted by atomic mass is 16.5. The quantitative estimate of drug-likeness (QED) is 0.343. The molecule has 0 saturated carbocycles. The summed E-state index contributed by atoms with van der Waals surface area (Å²) < 4.78 is 16.2. The van der Waals surface area contributed by atoms with Crippen LogP contribution in [0.25, 0.3) is 21.7 Å². The standard InChI is InChI=1S/C22H25NO5/c1-3-4-5-6-11-23-21(24)14-27-16-8-10-18-17-9-7-15(26-2)12-19(17)22(25)28-20(18)13-16/h7-10,12-13H,3-6,11,14H2,1-2H3,(H,23,24). The van der Waals surface area contributed by atoms with Gasteiger partial charge in [-0.3, -0.25) is 4.79 Å². The van der Waals surface area contributed by atoms with Crippen LogP contribution in [-0.4, -0.2) is 26.2 Å². The van der Waals surface area contributed by atoms with Crippen molar-refractivity contribution in [1.29, 1.82) is 0 Å².